The van der Waals surface area contributed by atoms with Crippen molar-refractivity contribution < 1.29 is 14.3 Å². The second kappa shape index (κ2) is 6.12. The van der Waals surface area contributed by atoms with Gasteiger partial charge in [-0.05, 0) is 24.6 Å². The van der Waals surface area contributed by atoms with E-state index in [2.05, 4.69) is 4.90 Å². The number of carbonyl (C=O) groups is 1. The minimum atomic E-state index is -0.177. The van der Waals surface area contributed by atoms with Crippen LogP contribution in [0.3, 0.4) is 0 Å². The van der Waals surface area contributed by atoms with Crippen molar-refractivity contribution in [1.29, 1.82) is 0 Å². The summed E-state index contributed by atoms with van der Waals surface area (Å²) >= 11 is 6.22. The van der Waals surface area contributed by atoms with E-state index in [4.69, 9.17) is 21.1 Å². The molecule has 21 heavy (non-hydrogen) atoms. The van der Waals surface area contributed by atoms with Crippen molar-refractivity contribution in [3.63, 3.8) is 0 Å². The van der Waals surface area contributed by atoms with Gasteiger partial charge in [0.2, 0.25) is 0 Å². The van der Waals surface area contributed by atoms with E-state index in [9.17, 15) is 4.79 Å². The zero-order chi connectivity index (χ0) is 14.8. The lowest BCUT2D eigenvalue weighted by Gasteiger charge is -2.35. The van der Waals surface area contributed by atoms with Gasteiger partial charge in [-0.15, -0.1) is 0 Å². The van der Waals surface area contributed by atoms with E-state index in [1.807, 2.05) is 30.0 Å². The van der Waals surface area contributed by atoms with Gasteiger partial charge in [0.25, 0.3) is 0 Å². The minimum absolute atomic E-state index is 0.177. The van der Waals surface area contributed by atoms with E-state index >= 15 is 0 Å². The Morgan fingerprint density at radius 2 is 2.29 bits per heavy atom. The largest absolute Gasteiger partial charge is 0.492 e. The summed E-state index contributed by atoms with van der Waals surface area (Å²) in [5, 5.41) is 0.646. The van der Waals surface area contributed by atoms with Crippen LogP contribution < -0.4 is 4.74 Å². The maximum atomic E-state index is 11.5. The molecule has 2 aliphatic heterocycles. The van der Waals surface area contributed by atoms with E-state index in [0.29, 0.717) is 18.2 Å². The molecule has 1 aromatic rings. The van der Waals surface area contributed by atoms with Gasteiger partial charge < -0.3 is 9.47 Å². The molecule has 1 aromatic carbocycles. The number of rotatable bonds is 4. The number of carbonyl (C=O) groups excluding carboxylic acids is 1. The van der Waals surface area contributed by atoms with Gasteiger partial charge in [-0.3, -0.25) is 9.80 Å². The molecule has 2 fully saturated rings. The number of cyclic esters (lactones) is 1. The molecule has 1 unspecified atom stereocenters. The lowest BCUT2D eigenvalue weighted by molar-refractivity contribution is 0.115. The van der Waals surface area contributed by atoms with Crippen molar-refractivity contribution in [3.8, 4) is 5.75 Å². The molecule has 1 atom stereocenters. The van der Waals surface area contributed by atoms with Crippen LogP contribution in [0.25, 0.3) is 0 Å². The standard InChI is InChI=1S/C15H19ClN2O3/c1-2-20-14-4-3-11(7-13(14)16)8-17-5-6-18-12(9-17)10-21-15(18)19/h3-4,7,12H,2,5-6,8-10H2,1H3. The summed E-state index contributed by atoms with van der Waals surface area (Å²) in [5.41, 5.74) is 1.15. The Morgan fingerprint density at radius 3 is 3.05 bits per heavy atom. The molecule has 0 aromatic heterocycles. The lowest BCUT2D eigenvalue weighted by atomic mass is 10.1. The van der Waals surface area contributed by atoms with E-state index in [1.165, 1.54) is 0 Å². The molecule has 0 N–H and O–H groups in total. The predicted octanol–water partition coefficient (Wildman–Crippen LogP) is 2.38. The van der Waals surface area contributed by atoms with Crippen molar-refractivity contribution >= 4 is 17.7 Å². The van der Waals surface area contributed by atoms with Crippen LogP contribution >= 0.6 is 11.6 Å². The molecule has 0 saturated carbocycles. The topological polar surface area (TPSA) is 42.0 Å². The first-order valence-electron chi connectivity index (χ1n) is 7.24. The molecule has 0 spiro atoms. The molecular formula is C15H19ClN2O3. The molecule has 5 nitrogen and oxygen atoms in total. The number of amides is 1. The Labute approximate surface area is 129 Å². The maximum Gasteiger partial charge on any atom is 0.410 e. The van der Waals surface area contributed by atoms with Crippen LogP contribution in [0.15, 0.2) is 18.2 Å². The molecule has 3 rings (SSSR count). The number of hydrogen-bond acceptors (Lipinski definition) is 4. The second-order valence-corrected chi connectivity index (χ2v) is 5.76. The Balaban J connectivity index is 1.62. The van der Waals surface area contributed by atoms with Crippen LogP contribution in [0, 0.1) is 0 Å². The van der Waals surface area contributed by atoms with Crippen molar-refractivity contribution in [1.82, 2.24) is 9.80 Å². The third-order valence-corrected chi connectivity index (χ3v) is 4.20. The highest BCUT2D eigenvalue weighted by atomic mass is 35.5. The molecule has 2 aliphatic rings. The van der Waals surface area contributed by atoms with Crippen LogP contribution in [0.1, 0.15) is 12.5 Å². The van der Waals surface area contributed by atoms with Gasteiger partial charge in [0.1, 0.15) is 12.4 Å². The maximum absolute atomic E-state index is 11.5. The van der Waals surface area contributed by atoms with Crippen LogP contribution in [-0.4, -0.2) is 54.8 Å². The van der Waals surface area contributed by atoms with Crippen molar-refractivity contribution in [3.05, 3.63) is 28.8 Å². The van der Waals surface area contributed by atoms with Gasteiger partial charge in [0, 0.05) is 26.2 Å². The molecule has 114 valence electrons. The van der Waals surface area contributed by atoms with E-state index in [-0.39, 0.29) is 12.1 Å². The molecule has 0 bridgehead atoms. The Morgan fingerprint density at radius 1 is 1.43 bits per heavy atom. The number of halogens is 1. The Hall–Kier alpha value is -1.46. The highest BCUT2D eigenvalue weighted by molar-refractivity contribution is 6.32. The number of fused-ring (bicyclic) bond motifs is 1. The fraction of sp³-hybridized carbons (Fsp3) is 0.533. The summed E-state index contributed by atoms with van der Waals surface area (Å²) in [6, 6.07) is 6.10. The van der Waals surface area contributed by atoms with Crippen molar-refractivity contribution in [2.24, 2.45) is 0 Å². The van der Waals surface area contributed by atoms with Crippen LogP contribution in [0.2, 0.25) is 5.02 Å². The average Bonchev–Trinajstić information content (AvgIpc) is 2.83. The van der Waals surface area contributed by atoms with Crippen molar-refractivity contribution in [2.45, 2.75) is 19.5 Å². The van der Waals surface area contributed by atoms with Gasteiger partial charge in [-0.25, -0.2) is 4.79 Å². The molecule has 0 radical (unpaired) electrons. The summed E-state index contributed by atoms with van der Waals surface area (Å²) in [4.78, 5) is 15.6. The van der Waals surface area contributed by atoms with Crippen molar-refractivity contribution in [2.75, 3.05) is 32.8 Å². The first-order chi connectivity index (χ1) is 10.2. The lowest BCUT2D eigenvalue weighted by Crippen LogP contribution is -2.51. The highest BCUT2D eigenvalue weighted by Crippen LogP contribution is 2.27. The fourth-order valence-corrected chi connectivity index (χ4v) is 3.13. The van der Waals surface area contributed by atoms with E-state index in [0.717, 1.165) is 37.5 Å². The summed E-state index contributed by atoms with van der Waals surface area (Å²) in [6.45, 7) is 6.30. The fourth-order valence-electron chi connectivity index (χ4n) is 2.87. The molecule has 0 aliphatic carbocycles. The van der Waals surface area contributed by atoms with E-state index in [1.54, 1.807) is 0 Å². The number of ether oxygens (including phenoxy) is 2. The molecule has 6 heteroatoms. The molecule has 2 heterocycles. The third-order valence-electron chi connectivity index (χ3n) is 3.90. The van der Waals surface area contributed by atoms with Crippen LogP contribution in [0.5, 0.6) is 5.75 Å². The quantitative estimate of drug-likeness (QED) is 0.856. The summed E-state index contributed by atoms with van der Waals surface area (Å²) in [5.74, 6) is 0.725. The number of piperazine rings is 1. The van der Waals surface area contributed by atoms with Gasteiger partial charge >= 0.3 is 6.09 Å². The summed E-state index contributed by atoms with van der Waals surface area (Å²) < 4.78 is 10.5. The Bertz CT molecular complexity index is 538. The normalized spacial score (nSPS) is 22.1. The zero-order valence-electron chi connectivity index (χ0n) is 12.0. The van der Waals surface area contributed by atoms with Gasteiger partial charge in [-0.2, -0.15) is 0 Å². The predicted molar refractivity (Wildman–Crippen MR) is 79.7 cm³/mol. The van der Waals surface area contributed by atoms with Gasteiger partial charge in [-0.1, -0.05) is 17.7 Å². The SMILES string of the molecule is CCOc1ccc(CN2CCN3C(=O)OCC3C2)cc1Cl. The Kier molecular flexibility index (Phi) is 4.22. The van der Waals surface area contributed by atoms with Gasteiger partial charge in [0.15, 0.2) is 0 Å². The zero-order valence-corrected chi connectivity index (χ0v) is 12.8. The molecule has 2 saturated heterocycles. The van der Waals surface area contributed by atoms with E-state index < -0.39 is 0 Å². The summed E-state index contributed by atoms with van der Waals surface area (Å²) in [7, 11) is 0. The van der Waals surface area contributed by atoms with Gasteiger partial charge in [0.05, 0.1) is 17.7 Å². The minimum Gasteiger partial charge on any atom is -0.492 e. The smallest absolute Gasteiger partial charge is 0.410 e. The summed E-state index contributed by atoms with van der Waals surface area (Å²) in [6.07, 6.45) is -0.177. The first kappa shape index (κ1) is 14.5. The van der Waals surface area contributed by atoms with Crippen LogP contribution in [0.4, 0.5) is 4.79 Å². The first-order valence-corrected chi connectivity index (χ1v) is 7.62. The molecule has 1 amide bonds. The number of hydrogen-bond donors (Lipinski definition) is 0. The van der Waals surface area contributed by atoms with Crippen LogP contribution in [-0.2, 0) is 11.3 Å². The molecular weight excluding hydrogens is 292 g/mol. The number of nitrogens with zero attached hydrogens (tertiary/aromatic N) is 2. The monoisotopic (exact) mass is 310 g/mol. The third kappa shape index (κ3) is 3.09. The average molecular weight is 311 g/mol. The highest BCUT2D eigenvalue weighted by Gasteiger charge is 2.37. The number of benzene rings is 1. The second-order valence-electron chi connectivity index (χ2n) is 5.36.